The first-order chi connectivity index (χ1) is 13.8. The maximum absolute atomic E-state index is 11.9. The zero-order valence-electron chi connectivity index (χ0n) is 18.9. The lowest BCUT2D eigenvalue weighted by Crippen LogP contribution is -2.54. The van der Waals surface area contributed by atoms with Crippen molar-refractivity contribution in [3.8, 4) is 0 Å². The van der Waals surface area contributed by atoms with Crippen molar-refractivity contribution in [2.24, 2.45) is 4.99 Å². The predicted molar refractivity (Wildman–Crippen MR) is 134 cm³/mol. The average molecular weight is 553 g/mol. The van der Waals surface area contributed by atoms with E-state index in [1.807, 2.05) is 7.05 Å². The second-order valence-electron chi connectivity index (χ2n) is 8.21. The van der Waals surface area contributed by atoms with Crippen molar-refractivity contribution in [3.63, 3.8) is 0 Å². The van der Waals surface area contributed by atoms with Crippen LogP contribution in [0.1, 0.15) is 31.5 Å². The number of thiazole rings is 1. The molecule has 2 N–H and O–H groups in total. The summed E-state index contributed by atoms with van der Waals surface area (Å²) in [5.74, 6) is 0.970. The van der Waals surface area contributed by atoms with E-state index >= 15 is 0 Å². The van der Waals surface area contributed by atoms with E-state index in [0.717, 1.165) is 55.8 Å². The molecule has 2 rings (SSSR count). The second kappa shape index (κ2) is 13.4. The molecule has 0 saturated carbocycles. The summed E-state index contributed by atoms with van der Waals surface area (Å²) in [7, 11) is 3.45. The number of carbonyl (C=O) groups excluding carboxylic acids is 1. The fourth-order valence-electron chi connectivity index (χ4n) is 3.05. The van der Waals surface area contributed by atoms with Gasteiger partial charge in [0.1, 0.15) is 0 Å². The van der Waals surface area contributed by atoms with Crippen molar-refractivity contribution in [2.75, 3.05) is 66.6 Å². The number of nitrogens with zero attached hydrogens (tertiary/aromatic N) is 4. The minimum atomic E-state index is 0. The summed E-state index contributed by atoms with van der Waals surface area (Å²) in [6, 6.07) is 0. The maximum Gasteiger partial charge on any atom is 0.234 e. The molecule has 0 unspecified atom stereocenters. The van der Waals surface area contributed by atoms with E-state index in [1.54, 1.807) is 18.4 Å². The lowest BCUT2D eigenvalue weighted by Gasteiger charge is -2.36. The lowest BCUT2D eigenvalue weighted by atomic mass is 9.93. The van der Waals surface area contributed by atoms with Crippen LogP contribution >= 0.6 is 35.3 Å². The number of guanidine groups is 1. The van der Waals surface area contributed by atoms with Crippen LogP contribution in [0, 0.1) is 0 Å². The van der Waals surface area contributed by atoms with Crippen molar-refractivity contribution in [3.05, 3.63) is 16.1 Å². The average Bonchev–Trinajstić information content (AvgIpc) is 3.16. The number of hydrogen-bond acceptors (Lipinski definition) is 6. The highest BCUT2D eigenvalue weighted by Gasteiger charge is 2.21. The number of hydrogen-bond donors (Lipinski definition) is 2. The van der Waals surface area contributed by atoms with Crippen molar-refractivity contribution in [2.45, 2.75) is 32.6 Å². The molecule has 1 saturated heterocycles. The molecule has 10 heteroatoms. The summed E-state index contributed by atoms with van der Waals surface area (Å²) in [6.07, 6.45) is 0.890. The normalized spacial score (nSPS) is 15.6. The highest BCUT2D eigenvalue weighted by molar-refractivity contribution is 14.0. The van der Waals surface area contributed by atoms with Crippen molar-refractivity contribution >= 4 is 47.2 Å². The van der Waals surface area contributed by atoms with E-state index in [9.17, 15) is 4.79 Å². The van der Waals surface area contributed by atoms with Crippen LogP contribution in [0.25, 0.3) is 0 Å². The van der Waals surface area contributed by atoms with Crippen LogP contribution in [0.3, 0.4) is 0 Å². The van der Waals surface area contributed by atoms with E-state index in [-0.39, 0.29) is 35.3 Å². The van der Waals surface area contributed by atoms with Gasteiger partial charge in [0.25, 0.3) is 0 Å². The number of methoxy groups -OCH3 is 1. The molecule has 8 nitrogen and oxygen atoms in total. The molecule has 2 heterocycles. The third-order valence-electron chi connectivity index (χ3n) is 4.82. The Morgan fingerprint density at radius 1 is 1.23 bits per heavy atom. The summed E-state index contributed by atoms with van der Waals surface area (Å²) in [6.45, 7) is 12.3. The van der Waals surface area contributed by atoms with Gasteiger partial charge in [-0.25, -0.2) is 4.98 Å². The Balaban J connectivity index is 0.00000450. The highest BCUT2D eigenvalue weighted by Crippen LogP contribution is 2.23. The molecule has 1 aliphatic heterocycles. The van der Waals surface area contributed by atoms with Crippen LogP contribution in [0.5, 0.6) is 0 Å². The van der Waals surface area contributed by atoms with Crippen molar-refractivity contribution < 1.29 is 9.53 Å². The standard InChI is InChI=1S/C20H36N6O2S.HI/c1-20(2,3)16-15-29-18(24-16)6-7-23-19(21-4)26-11-9-25(10-12-26)14-17(27)22-8-13-28-5;/h15H,6-14H2,1-5H3,(H,21,23)(H,22,27);1H. The third kappa shape index (κ3) is 9.03. The molecule has 0 bridgehead atoms. The molecule has 0 aliphatic carbocycles. The molecule has 0 spiro atoms. The Morgan fingerprint density at radius 3 is 2.50 bits per heavy atom. The van der Waals surface area contributed by atoms with Crippen molar-refractivity contribution in [1.82, 2.24) is 25.4 Å². The van der Waals surface area contributed by atoms with E-state index in [0.29, 0.717) is 19.7 Å². The van der Waals surface area contributed by atoms with E-state index in [1.165, 1.54) is 0 Å². The molecule has 1 aromatic rings. The number of amides is 1. The van der Waals surface area contributed by atoms with Gasteiger partial charge < -0.3 is 20.3 Å². The SMILES string of the molecule is CN=C(NCCc1nc(C(C)(C)C)cs1)N1CCN(CC(=O)NCCOC)CC1.I. The van der Waals surface area contributed by atoms with E-state index < -0.39 is 0 Å². The third-order valence-corrected chi connectivity index (χ3v) is 5.73. The Hall–Kier alpha value is -0.980. The Morgan fingerprint density at radius 2 is 1.93 bits per heavy atom. The van der Waals surface area contributed by atoms with E-state index in [4.69, 9.17) is 9.72 Å². The molecule has 1 aliphatic rings. The first-order valence-electron chi connectivity index (χ1n) is 10.2. The van der Waals surface area contributed by atoms with Gasteiger partial charge in [-0.05, 0) is 0 Å². The summed E-state index contributed by atoms with van der Waals surface area (Å²) in [5, 5.41) is 9.64. The van der Waals surface area contributed by atoms with Gasteiger partial charge >= 0.3 is 0 Å². The van der Waals surface area contributed by atoms with Gasteiger partial charge in [0.2, 0.25) is 5.91 Å². The van der Waals surface area contributed by atoms with Gasteiger partial charge in [0.05, 0.1) is 23.9 Å². The van der Waals surface area contributed by atoms with Gasteiger partial charge in [-0.15, -0.1) is 35.3 Å². The zero-order chi connectivity index (χ0) is 21.3. The number of halogens is 1. The van der Waals surface area contributed by atoms with Crippen LogP contribution in [0.2, 0.25) is 0 Å². The molecule has 1 amide bonds. The number of carbonyl (C=O) groups is 1. The summed E-state index contributed by atoms with van der Waals surface area (Å²) >= 11 is 1.73. The molecular weight excluding hydrogens is 515 g/mol. The molecular formula is C20H37IN6O2S. The van der Waals surface area contributed by atoms with Gasteiger partial charge in [-0.3, -0.25) is 14.7 Å². The highest BCUT2D eigenvalue weighted by atomic mass is 127. The number of nitrogens with one attached hydrogen (secondary N) is 2. The Labute approximate surface area is 201 Å². The minimum absolute atomic E-state index is 0. The van der Waals surface area contributed by atoms with E-state index in [2.05, 4.69) is 51.6 Å². The maximum atomic E-state index is 11.9. The fraction of sp³-hybridized carbons (Fsp3) is 0.750. The Bertz CT molecular complexity index is 668. The summed E-state index contributed by atoms with van der Waals surface area (Å²) < 4.78 is 4.95. The van der Waals surface area contributed by atoms with Crippen LogP contribution in [-0.2, 0) is 21.4 Å². The topological polar surface area (TPSA) is 82.1 Å². The summed E-state index contributed by atoms with van der Waals surface area (Å²) in [5.41, 5.74) is 1.25. The largest absolute Gasteiger partial charge is 0.383 e. The predicted octanol–water partition coefficient (Wildman–Crippen LogP) is 1.56. The quantitative estimate of drug-likeness (QED) is 0.221. The molecule has 0 aromatic carbocycles. The van der Waals surface area contributed by atoms with Crippen LogP contribution in [0.15, 0.2) is 10.4 Å². The lowest BCUT2D eigenvalue weighted by molar-refractivity contribution is -0.122. The van der Waals surface area contributed by atoms with Gasteiger partial charge in [-0.1, -0.05) is 20.8 Å². The van der Waals surface area contributed by atoms with Crippen LogP contribution in [0.4, 0.5) is 0 Å². The van der Waals surface area contributed by atoms with Crippen LogP contribution < -0.4 is 10.6 Å². The smallest absolute Gasteiger partial charge is 0.234 e. The number of aliphatic imine (C=N–C) groups is 1. The number of ether oxygens (including phenoxy) is 1. The Kier molecular flexibility index (Phi) is 12.1. The fourth-order valence-corrected chi connectivity index (χ4v) is 4.08. The van der Waals surface area contributed by atoms with Crippen LogP contribution in [-0.4, -0.2) is 93.2 Å². The number of aromatic nitrogens is 1. The molecule has 0 atom stereocenters. The zero-order valence-corrected chi connectivity index (χ0v) is 22.0. The monoisotopic (exact) mass is 552 g/mol. The van der Waals surface area contributed by atoms with Gasteiger partial charge in [-0.2, -0.15) is 0 Å². The second-order valence-corrected chi connectivity index (χ2v) is 9.15. The molecule has 172 valence electrons. The number of rotatable bonds is 8. The minimum Gasteiger partial charge on any atom is -0.383 e. The first-order valence-corrected chi connectivity index (χ1v) is 11.1. The molecule has 1 fully saturated rings. The van der Waals surface area contributed by atoms with Gasteiger partial charge in [0.15, 0.2) is 5.96 Å². The van der Waals surface area contributed by atoms with Gasteiger partial charge in [0, 0.05) is 70.6 Å². The first kappa shape index (κ1) is 27.1. The van der Waals surface area contributed by atoms with Crippen molar-refractivity contribution in [1.29, 1.82) is 0 Å². The number of piperazine rings is 1. The summed E-state index contributed by atoms with van der Waals surface area (Å²) in [4.78, 5) is 25.5. The molecule has 0 radical (unpaired) electrons. The molecule has 30 heavy (non-hydrogen) atoms. The molecule has 1 aromatic heterocycles.